The Labute approximate surface area is 420 Å². The van der Waals surface area contributed by atoms with Crippen LogP contribution in [-0.2, 0) is 5.41 Å². The second-order valence-corrected chi connectivity index (χ2v) is 19.5. The molecule has 0 saturated carbocycles. The summed E-state index contributed by atoms with van der Waals surface area (Å²) in [6.45, 7) is 0. The Hall–Kier alpha value is -9.64. The van der Waals surface area contributed by atoms with Crippen LogP contribution in [0.5, 0.6) is 0 Å². The third kappa shape index (κ3) is 5.60. The molecule has 12 aromatic carbocycles. The van der Waals surface area contributed by atoms with E-state index in [1.165, 1.54) is 66.1 Å². The van der Waals surface area contributed by atoms with E-state index in [0.717, 1.165) is 78.0 Å². The van der Waals surface area contributed by atoms with Crippen LogP contribution in [0, 0.1) is 0 Å². The minimum absolute atomic E-state index is 0.582. The number of anilines is 6. The molecule has 14 aromatic rings. The standard InChI is InChI=1S/C69H42N2O2/c1-3-17-46(18-4-1)70(62-29-15-25-56-53-23-9-13-31-64(53)72-67(56)62)48-35-33-43-41-58-55-37-34-44-39-49(71(47-19-5-2-6-20-47)63-30-16-26-57-54-24-10-14-32-65(54)73-68(57)63)36-38-50(44)66(55)69(61(58)42-45(43)40-48)59-27-11-7-21-51(59)52-22-8-12-28-60(52)69/h1-42H. The number of benzene rings is 12. The van der Waals surface area contributed by atoms with E-state index in [0.29, 0.717) is 0 Å². The number of para-hydroxylation sites is 6. The molecule has 2 aliphatic rings. The molecular weight excluding hydrogens is 889 g/mol. The Balaban J connectivity index is 0.923. The molecule has 340 valence electrons. The Morgan fingerprint density at radius 1 is 0.274 bits per heavy atom. The molecule has 2 aromatic heterocycles. The van der Waals surface area contributed by atoms with Gasteiger partial charge >= 0.3 is 0 Å². The van der Waals surface area contributed by atoms with Gasteiger partial charge in [-0.15, -0.1) is 0 Å². The Morgan fingerprint density at radius 2 is 0.767 bits per heavy atom. The summed E-state index contributed by atoms with van der Waals surface area (Å²) in [6.07, 6.45) is 0. The minimum atomic E-state index is -0.582. The van der Waals surface area contributed by atoms with E-state index in [4.69, 9.17) is 8.83 Å². The lowest BCUT2D eigenvalue weighted by Gasteiger charge is -2.32. The average Bonchev–Trinajstić information content (AvgIpc) is 4.19. The van der Waals surface area contributed by atoms with E-state index in [2.05, 4.69) is 252 Å². The van der Waals surface area contributed by atoms with Gasteiger partial charge in [-0.3, -0.25) is 0 Å². The molecule has 0 fully saturated rings. The second kappa shape index (κ2) is 15.2. The van der Waals surface area contributed by atoms with E-state index in [9.17, 15) is 0 Å². The van der Waals surface area contributed by atoms with Gasteiger partial charge in [0, 0.05) is 44.3 Å². The first kappa shape index (κ1) is 40.1. The molecule has 73 heavy (non-hydrogen) atoms. The highest BCUT2D eigenvalue weighted by atomic mass is 16.3. The number of nitrogens with zero attached hydrogens (tertiary/aromatic N) is 2. The number of hydrogen-bond donors (Lipinski definition) is 0. The van der Waals surface area contributed by atoms with Gasteiger partial charge in [0.25, 0.3) is 0 Å². The highest BCUT2D eigenvalue weighted by Gasteiger charge is 2.52. The van der Waals surface area contributed by atoms with Crippen molar-refractivity contribution < 1.29 is 8.83 Å². The second-order valence-electron chi connectivity index (χ2n) is 19.5. The van der Waals surface area contributed by atoms with Crippen molar-refractivity contribution >= 4 is 99.5 Å². The van der Waals surface area contributed by atoms with Gasteiger partial charge in [-0.2, -0.15) is 0 Å². The van der Waals surface area contributed by atoms with E-state index < -0.39 is 5.41 Å². The lowest BCUT2D eigenvalue weighted by atomic mass is 9.69. The summed E-state index contributed by atoms with van der Waals surface area (Å²) < 4.78 is 13.4. The summed E-state index contributed by atoms with van der Waals surface area (Å²) in [5.74, 6) is 0. The lowest BCUT2D eigenvalue weighted by Crippen LogP contribution is -2.26. The topological polar surface area (TPSA) is 32.8 Å². The van der Waals surface area contributed by atoms with Gasteiger partial charge < -0.3 is 18.6 Å². The third-order valence-corrected chi connectivity index (χ3v) is 15.8. The predicted molar refractivity (Wildman–Crippen MR) is 302 cm³/mol. The number of furan rings is 2. The van der Waals surface area contributed by atoms with Crippen molar-refractivity contribution in [3.05, 3.63) is 277 Å². The van der Waals surface area contributed by atoms with E-state index in [1.807, 2.05) is 12.1 Å². The normalized spacial score (nSPS) is 13.0. The molecule has 16 rings (SSSR count). The SMILES string of the molecule is c1ccc(N(c2ccc3cc4c(cc3c2)C2(c3ccccc3-c3ccccc32)c2c-4ccc3cc(N(c4ccccc4)c4cccc5c4oc4ccccc45)ccc23)c2cccc3c2oc2ccccc23)cc1. The molecular formula is C69H42N2O2. The number of fused-ring (bicyclic) bond motifs is 19. The lowest BCUT2D eigenvalue weighted by molar-refractivity contribution is 0.668. The molecule has 0 atom stereocenters. The fourth-order valence-electron chi connectivity index (χ4n) is 12.8. The molecule has 4 heteroatoms. The summed E-state index contributed by atoms with van der Waals surface area (Å²) in [7, 11) is 0. The molecule has 0 saturated heterocycles. The van der Waals surface area contributed by atoms with Crippen molar-refractivity contribution in [1.82, 2.24) is 0 Å². The molecule has 0 amide bonds. The first-order valence-electron chi connectivity index (χ1n) is 25.1. The zero-order valence-electron chi connectivity index (χ0n) is 39.5. The highest BCUT2D eigenvalue weighted by molar-refractivity contribution is 6.13. The van der Waals surface area contributed by atoms with Crippen LogP contribution < -0.4 is 9.80 Å². The van der Waals surface area contributed by atoms with Gasteiger partial charge in [0.1, 0.15) is 11.2 Å². The van der Waals surface area contributed by atoms with Gasteiger partial charge in [0.15, 0.2) is 11.2 Å². The number of rotatable bonds is 6. The first-order valence-corrected chi connectivity index (χ1v) is 25.1. The van der Waals surface area contributed by atoms with Crippen molar-refractivity contribution in [2.75, 3.05) is 9.80 Å². The van der Waals surface area contributed by atoms with Gasteiger partial charge in [-0.25, -0.2) is 0 Å². The van der Waals surface area contributed by atoms with E-state index in [1.54, 1.807) is 0 Å². The van der Waals surface area contributed by atoms with E-state index >= 15 is 0 Å². The molecule has 1 spiro atoms. The van der Waals surface area contributed by atoms with Crippen molar-refractivity contribution in [3.8, 4) is 22.3 Å². The zero-order chi connectivity index (χ0) is 47.8. The quantitative estimate of drug-likeness (QED) is 0.166. The van der Waals surface area contributed by atoms with Crippen LogP contribution in [0.15, 0.2) is 264 Å². The fourth-order valence-corrected chi connectivity index (χ4v) is 12.8. The van der Waals surface area contributed by atoms with Crippen molar-refractivity contribution in [1.29, 1.82) is 0 Å². The predicted octanol–water partition coefficient (Wildman–Crippen LogP) is 19.1. The Morgan fingerprint density at radius 3 is 1.37 bits per heavy atom. The largest absolute Gasteiger partial charge is 0.454 e. The summed E-state index contributed by atoms with van der Waals surface area (Å²) in [5, 5.41) is 9.19. The molecule has 0 aliphatic heterocycles. The average molecular weight is 931 g/mol. The zero-order valence-corrected chi connectivity index (χ0v) is 39.5. The van der Waals surface area contributed by atoms with E-state index in [-0.39, 0.29) is 0 Å². The smallest absolute Gasteiger partial charge is 0.159 e. The summed E-state index contributed by atoms with van der Waals surface area (Å²) in [4.78, 5) is 4.69. The summed E-state index contributed by atoms with van der Waals surface area (Å²) >= 11 is 0. The maximum atomic E-state index is 6.70. The molecule has 0 bridgehead atoms. The van der Waals surface area contributed by atoms with Crippen LogP contribution in [0.25, 0.3) is 87.7 Å². The highest BCUT2D eigenvalue weighted by Crippen LogP contribution is 2.65. The summed E-state index contributed by atoms with van der Waals surface area (Å²) in [5.41, 5.74) is 19.5. The molecule has 2 heterocycles. The van der Waals surface area contributed by atoms with Crippen LogP contribution in [0.3, 0.4) is 0 Å². The van der Waals surface area contributed by atoms with Gasteiger partial charge in [-0.1, -0.05) is 170 Å². The third-order valence-electron chi connectivity index (χ3n) is 15.8. The van der Waals surface area contributed by atoms with Crippen molar-refractivity contribution in [2.24, 2.45) is 0 Å². The molecule has 2 aliphatic carbocycles. The van der Waals surface area contributed by atoms with Crippen LogP contribution in [0.2, 0.25) is 0 Å². The Kier molecular flexibility index (Phi) is 8.35. The molecule has 4 nitrogen and oxygen atoms in total. The first-order chi connectivity index (χ1) is 36.2. The Bertz CT molecular complexity index is 4540. The van der Waals surface area contributed by atoms with Gasteiger partial charge in [0.05, 0.1) is 16.8 Å². The summed E-state index contributed by atoms with van der Waals surface area (Å²) in [6, 6.07) is 92.8. The molecule has 0 unspecified atom stereocenters. The molecule has 0 radical (unpaired) electrons. The van der Waals surface area contributed by atoms with Crippen molar-refractivity contribution in [3.63, 3.8) is 0 Å². The van der Waals surface area contributed by atoms with Gasteiger partial charge in [-0.05, 0) is 151 Å². The maximum Gasteiger partial charge on any atom is 0.159 e. The van der Waals surface area contributed by atoms with Crippen molar-refractivity contribution in [2.45, 2.75) is 5.41 Å². The fraction of sp³-hybridized carbons (Fsp3) is 0.0145. The van der Waals surface area contributed by atoms with Gasteiger partial charge in [0.2, 0.25) is 0 Å². The minimum Gasteiger partial charge on any atom is -0.454 e. The maximum absolute atomic E-state index is 6.70. The van der Waals surface area contributed by atoms with Crippen LogP contribution in [-0.4, -0.2) is 0 Å². The monoisotopic (exact) mass is 930 g/mol. The van der Waals surface area contributed by atoms with Crippen LogP contribution in [0.4, 0.5) is 34.1 Å². The molecule has 0 N–H and O–H groups in total. The van der Waals surface area contributed by atoms with Crippen LogP contribution in [0.1, 0.15) is 22.3 Å². The van der Waals surface area contributed by atoms with Crippen LogP contribution >= 0.6 is 0 Å². The number of hydrogen-bond acceptors (Lipinski definition) is 4.